The molecule has 0 bridgehead atoms. The summed E-state index contributed by atoms with van der Waals surface area (Å²) in [7, 11) is -2.17. The van der Waals surface area contributed by atoms with Crippen LogP contribution in [0.25, 0.3) is 0 Å². The Labute approximate surface area is 273 Å². The molecule has 3 amide bonds. The summed E-state index contributed by atoms with van der Waals surface area (Å²) in [6, 6.07) is -2.62. The molecule has 14 heteroatoms. The fourth-order valence-electron chi connectivity index (χ4n) is 4.20. The van der Waals surface area contributed by atoms with E-state index >= 15 is 0 Å². The lowest BCUT2D eigenvalue weighted by Gasteiger charge is -2.41. The van der Waals surface area contributed by atoms with Crippen LogP contribution in [-0.4, -0.2) is 78.2 Å². The van der Waals surface area contributed by atoms with Crippen molar-refractivity contribution in [1.29, 1.82) is 0 Å². The minimum absolute atomic E-state index is 0.0351. The Kier molecular flexibility index (Phi) is 15.5. The number of halogens is 3. The number of esters is 1. The summed E-state index contributed by atoms with van der Waals surface area (Å²) < 4.78 is 9.92. The smallest absolute Gasteiger partial charge is 0.325 e. The molecule has 1 aliphatic rings. The molecule has 0 aromatic rings. The predicted molar refractivity (Wildman–Crippen MR) is 174 cm³/mol. The van der Waals surface area contributed by atoms with Gasteiger partial charge in [0.25, 0.3) is 5.91 Å². The molecular formula is C29H51Cl3N4O6Si. The second-order valence-corrected chi connectivity index (χ2v) is 20.3. The van der Waals surface area contributed by atoms with E-state index in [2.05, 4.69) is 56.5 Å². The lowest BCUT2D eigenvalue weighted by atomic mass is 9.97. The number of ether oxygens (including phenoxy) is 1. The third-order valence-corrected chi connectivity index (χ3v) is 12.8. The van der Waals surface area contributed by atoms with E-state index in [0.29, 0.717) is 32.2 Å². The topological polar surface area (TPSA) is 126 Å². The van der Waals surface area contributed by atoms with E-state index in [-0.39, 0.29) is 23.0 Å². The Bertz CT molecular complexity index is 986. The molecule has 0 radical (unpaired) electrons. The number of nitrogens with one attached hydrogen (secondary N) is 3. The summed E-state index contributed by atoms with van der Waals surface area (Å²) in [4.78, 5) is 52.3. The Balaban J connectivity index is 2.90. The highest BCUT2D eigenvalue weighted by Gasteiger charge is 2.41. The van der Waals surface area contributed by atoms with Crippen LogP contribution in [0.1, 0.15) is 74.1 Å². The van der Waals surface area contributed by atoms with Crippen molar-refractivity contribution in [1.82, 2.24) is 21.1 Å². The van der Waals surface area contributed by atoms with Crippen LogP contribution < -0.4 is 16.1 Å². The summed E-state index contributed by atoms with van der Waals surface area (Å²) in [6.45, 7) is 21.5. The molecule has 5 atom stereocenters. The second-order valence-electron chi connectivity index (χ2n) is 13.1. The summed E-state index contributed by atoms with van der Waals surface area (Å²) >= 11 is 17.0. The molecule has 1 heterocycles. The summed E-state index contributed by atoms with van der Waals surface area (Å²) in [6.07, 6.45) is 3.75. The summed E-state index contributed by atoms with van der Waals surface area (Å²) in [5.41, 5.74) is 2.84. The number of nitrogens with zero attached hydrogens (tertiary/aromatic N) is 1. The number of carbonyl (C=O) groups excluding carboxylic acids is 4. The maximum atomic E-state index is 13.4. The number of hydrazine groups is 1. The average molecular weight is 686 g/mol. The van der Waals surface area contributed by atoms with Gasteiger partial charge in [-0.15, -0.1) is 6.58 Å². The molecule has 10 nitrogen and oxygen atoms in total. The molecular weight excluding hydrogens is 635 g/mol. The van der Waals surface area contributed by atoms with Crippen LogP contribution in [0.15, 0.2) is 12.7 Å². The highest BCUT2D eigenvalue weighted by atomic mass is 35.6. The van der Waals surface area contributed by atoms with Crippen molar-refractivity contribution in [2.24, 2.45) is 11.8 Å². The van der Waals surface area contributed by atoms with Crippen molar-refractivity contribution in [3.63, 3.8) is 0 Å². The van der Waals surface area contributed by atoms with E-state index < -0.39 is 60.5 Å². The first kappa shape index (κ1) is 39.7. The van der Waals surface area contributed by atoms with Gasteiger partial charge in [0.2, 0.25) is 15.6 Å². The van der Waals surface area contributed by atoms with Gasteiger partial charge < -0.3 is 19.8 Å². The van der Waals surface area contributed by atoms with Crippen LogP contribution in [0.3, 0.4) is 0 Å². The minimum Gasteiger partial charge on any atom is -0.460 e. The van der Waals surface area contributed by atoms with Gasteiger partial charge in [0.1, 0.15) is 24.7 Å². The van der Waals surface area contributed by atoms with Crippen LogP contribution in [0, 0.1) is 11.8 Å². The third-order valence-electron chi connectivity index (χ3n) is 7.97. The predicted octanol–water partition coefficient (Wildman–Crippen LogP) is 5.03. The van der Waals surface area contributed by atoms with Crippen LogP contribution in [0.4, 0.5) is 0 Å². The van der Waals surface area contributed by atoms with E-state index in [1.807, 2.05) is 26.8 Å². The fourth-order valence-corrected chi connectivity index (χ4v) is 5.80. The molecule has 0 spiro atoms. The summed E-state index contributed by atoms with van der Waals surface area (Å²) in [5.74, 6) is -2.65. The molecule has 43 heavy (non-hydrogen) atoms. The average Bonchev–Trinajstić information content (AvgIpc) is 2.90. The minimum atomic E-state index is -2.17. The van der Waals surface area contributed by atoms with E-state index in [4.69, 9.17) is 44.0 Å². The van der Waals surface area contributed by atoms with E-state index in [0.717, 1.165) is 0 Å². The molecule has 1 rings (SSSR count). The van der Waals surface area contributed by atoms with Crippen molar-refractivity contribution in [2.75, 3.05) is 13.2 Å². The zero-order chi connectivity index (χ0) is 33.3. The van der Waals surface area contributed by atoms with Crippen molar-refractivity contribution in [2.45, 2.75) is 120 Å². The number of hydrogen-bond acceptors (Lipinski definition) is 7. The largest absolute Gasteiger partial charge is 0.460 e. The van der Waals surface area contributed by atoms with E-state index in [9.17, 15) is 19.2 Å². The highest BCUT2D eigenvalue weighted by molar-refractivity contribution is 6.74. The first-order valence-electron chi connectivity index (χ1n) is 14.8. The van der Waals surface area contributed by atoms with Gasteiger partial charge in [-0.1, -0.05) is 82.4 Å². The molecule has 248 valence electrons. The SMILES string of the molecule is C=CCCC(O[Si](C)(C)C(C)(C)C)C(C)C(=O)NC(C(=O)NC(C)C(=O)N1CCCC(C(=O)OCC(Cl)(Cl)Cl)N1)C(C)C. The van der Waals surface area contributed by atoms with E-state index in [1.165, 1.54) is 5.01 Å². The fraction of sp³-hybridized carbons (Fsp3) is 0.793. The van der Waals surface area contributed by atoms with Gasteiger partial charge in [-0.2, -0.15) is 0 Å². The third kappa shape index (κ3) is 12.9. The molecule has 5 unspecified atom stereocenters. The van der Waals surface area contributed by atoms with Gasteiger partial charge in [0, 0.05) is 6.54 Å². The maximum Gasteiger partial charge on any atom is 0.325 e. The lowest BCUT2D eigenvalue weighted by Crippen LogP contribution is -2.61. The zero-order valence-electron chi connectivity index (χ0n) is 27.0. The maximum absolute atomic E-state index is 13.4. The molecule has 0 saturated carbocycles. The Morgan fingerprint density at radius 2 is 1.67 bits per heavy atom. The van der Waals surface area contributed by atoms with E-state index in [1.54, 1.807) is 6.92 Å². The number of carbonyl (C=O) groups is 4. The zero-order valence-corrected chi connectivity index (χ0v) is 30.3. The number of hydrogen-bond donors (Lipinski definition) is 3. The van der Waals surface area contributed by atoms with Gasteiger partial charge in [-0.05, 0) is 56.7 Å². The van der Waals surface area contributed by atoms with Crippen molar-refractivity contribution in [3.8, 4) is 0 Å². The van der Waals surface area contributed by atoms with Crippen molar-refractivity contribution < 1.29 is 28.3 Å². The van der Waals surface area contributed by atoms with Gasteiger partial charge in [0.05, 0.1) is 12.0 Å². The Hall–Kier alpha value is -1.37. The van der Waals surface area contributed by atoms with Crippen molar-refractivity contribution in [3.05, 3.63) is 12.7 Å². The number of allylic oxidation sites excluding steroid dienone is 1. The molecule has 0 aliphatic carbocycles. The second kappa shape index (κ2) is 16.8. The summed E-state index contributed by atoms with van der Waals surface area (Å²) in [5, 5.41) is 6.86. The van der Waals surface area contributed by atoms with Crippen LogP contribution >= 0.6 is 34.8 Å². The number of rotatable bonds is 14. The van der Waals surface area contributed by atoms with Gasteiger partial charge >= 0.3 is 5.97 Å². The molecule has 0 aromatic heterocycles. The molecule has 1 fully saturated rings. The van der Waals surface area contributed by atoms with Gasteiger partial charge in [-0.3, -0.25) is 24.2 Å². The van der Waals surface area contributed by atoms with Gasteiger partial charge in [0.15, 0.2) is 8.32 Å². The normalized spacial score (nSPS) is 19.2. The van der Waals surface area contributed by atoms with Crippen molar-refractivity contribution >= 4 is 66.8 Å². The first-order chi connectivity index (χ1) is 19.6. The highest BCUT2D eigenvalue weighted by Crippen LogP contribution is 2.38. The standard InChI is InChI=1S/C29H51Cl3N4O6Si/c1-11-12-15-22(42-43(9,10)28(6,7)8)19(4)24(37)34-23(18(2)3)25(38)33-20(5)26(39)36-16-13-14-21(35-36)27(40)41-17-29(30,31)32/h11,18-23,35H,1,12-17H2,2-10H3,(H,33,38)(H,34,37). The van der Waals surface area contributed by atoms with Gasteiger partial charge in [-0.25, -0.2) is 5.43 Å². The molecule has 1 saturated heterocycles. The Morgan fingerprint density at radius 1 is 1.07 bits per heavy atom. The first-order valence-corrected chi connectivity index (χ1v) is 18.9. The molecule has 0 aromatic carbocycles. The quantitative estimate of drug-likeness (QED) is 0.101. The Morgan fingerprint density at radius 3 is 2.19 bits per heavy atom. The lowest BCUT2D eigenvalue weighted by molar-refractivity contribution is -0.152. The molecule has 3 N–H and O–H groups in total. The van der Waals surface area contributed by atoms with Crippen LogP contribution in [-0.2, 0) is 28.3 Å². The monoisotopic (exact) mass is 684 g/mol. The number of alkyl halides is 3. The molecule has 1 aliphatic heterocycles. The van der Waals surface area contributed by atoms with Crippen LogP contribution in [0.2, 0.25) is 18.1 Å². The number of amides is 3. The van der Waals surface area contributed by atoms with Crippen LogP contribution in [0.5, 0.6) is 0 Å².